The molecule has 3 unspecified atom stereocenters. The summed E-state index contributed by atoms with van der Waals surface area (Å²) in [5.74, 6) is 1.40. The normalized spacial score (nSPS) is 25.1. The number of nitrogens with one attached hydrogen (secondary N) is 1. The van der Waals surface area contributed by atoms with Crippen molar-refractivity contribution < 1.29 is 5.11 Å². The predicted octanol–water partition coefficient (Wildman–Crippen LogP) is 2.34. The van der Waals surface area contributed by atoms with Gasteiger partial charge in [0, 0.05) is 0 Å². The van der Waals surface area contributed by atoms with E-state index in [0.717, 1.165) is 25.4 Å². The fourth-order valence-electron chi connectivity index (χ4n) is 2.24. The third-order valence-corrected chi connectivity index (χ3v) is 3.05. The molecule has 1 aliphatic carbocycles. The van der Waals surface area contributed by atoms with Gasteiger partial charge in [0.2, 0.25) is 0 Å². The standard InChI is InChI=1S/C13H25NO/c1-11(8-12(2)15)9-14-10-13-6-4-3-5-7-13/h3-4,11-15H,5-10H2,1-2H3. The molecule has 0 aromatic heterocycles. The zero-order chi connectivity index (χ0) is 11.1. The minimum atomic E-state index is -0.167. The molecule has 2 nitrogen and oxygen atoms in total. The maximum atomic E-state index is 9.23. The molecule has 0 saturated carbocycles. The van der Waals surface area contributed by atoms with Crippen molar-refractivity contribution in [3.63, 3.8) is 0 Å². The lowest BCUT2D eigenvalue weighted by molar-refractivity contribution is 0.163. The van der Waals surface area contributed by atoms with E-state index >= 15 is 0 Å². The molecule has 2 N–H and O–H groups in total. The first-order valence-electron chi connectivity index (χ1n) is 6.22. The summed E-state index contributed by atoms with van der Waals surface area (Å²) in [6, 6.07) is 0. The van der Waals surface area contributed by atoms with Gasteiger partial charge in [0.25, 0.3) is 0 Å². The predicted molar refractivity (Wildman–Crippen MR) is 64.8 cm³/mol. The van der Waals surface area contributed by atoms with E-state index in [0.29, 0.717) is 5.92 Å². The number of rotatable bonds is 6. The Morgan fingerprint density at radius 1 is 1.40 bits per heavy atom. The Morgan fingerprint density at radius 3 is 2.80 bits per heavy atom. The Hall–Kier alpha value is -0.340. The average Bonchev–Trinajstić information content (AvgIpc) is 2.18. The molecule has 15 heavy (non-hydrogen) atoms. The Balaban J connectivity index is 2.02. The summed E-state index contributed by atoms with van der Waals surface area (Å²) in [6.07, 6.45) is 9.13. The van der Waals surface area contributed by atoms with Gasteiger partial charge in [-0.2, -0.15) is 0 Å². The Bertz CT molecular complexity index is 189. The van der Waals surface area contributed by atoms with Gasteiger partial charge in [-0.05, 0) is 57.5 Å². The van der Waals surface area contributed by atoms with Gasteiger partial charge in [-0.3, -0.25) is 0 Å². The molecule has 3 atom stereocenters. The van der Waals surface area contributed by atoms with Crippen LogP contribution in [-0.2, 0) is 0 Å². The smallest absolute Gasteiger partial charge is 0.0515 e. The van der Waals surface area contributed by atoms with Crippen LogP contribution in [-0.4, -0.2) is 24.3 Å². The summed E-state index contributed by atoms with van der Waals surface area (Å²) in [5, 5.41) is 12.7. The second kappa shape index (κ2) is 7.02. The summed E-state index contributed by atoms with van der Waals surface area (Å²) >= 11 is 0. The van der Waals surface area contributed by atoms with E-state index in [1.54, 1.807) is 0 Å². The summed E-state index contributed by atoms with van der Waals surface area (Å²) in [5.41, 5.74) is 0. The first kappa shape index (κ1) is 12.7. The lowest BCUT2D eigenvalue weighted by Gasteiger charge is -2.20. The molecule has 0 saturated heterocycles. The van der Waals surface area contributed by atoms with Gasteiger partial charge < -0.3 is 10.4 Å². The summed E-state index contributed by atoms with van der Waals surface area (Å²) in [7, 11) is 0. The lowest BCUT2D eigenvalue weighted by atomic mass is 9.94. The highest BCUT2D eigenvalue weighted by atomic mass is 16.3. The van der Waals surface area contributed by atoms with Crippen molar-refractivity contribution in [2.45, 2.75) is 45.6 Å². The number of aliphatic hydroxyl groups excluding tert-OH is 1. The van der Waals surface area contributed by atoms with Crippen LogP contribution in [0.2, 0.25) is 0 Å². The maximum absolute atomic E-state index is 9.23. The molecule has 1 aliphatic rings. The highest BCUT2D eigenvalue weighted by molar-refractivity contribution is 4.90. The van der Waals surface area contributed by atoms with Crippen molar-refractivity contribution in [2.75, 3.05) is 13.1 Å². The maximum Gasteiger partial charge on any atom is 0.0515 e. The largest absolute Gasteiger partial charge is 0.393 e. The molecule has 0 fully saturated rings. The van der Waals surface area contributed by atoms with E-state index in [9.17, 15) is 5.11 Å². The number of hydrogen-bond donors (Lipinski definition) is 2. The van der Waals surface area contributed by atoms with Gasteiger partial charge in [-0.25, -0.2) is 0 Å². The fraction of sp³-hybridized carbons (Fsp3) is 0.846. The second-order valence-corrected chi connectivity index (χ2v) is 5.00. The number of aliphatic hydroxyl groups is 1. The molecule has 0 aromatic rings. The topological polar surface area (TPSA) is 32.3 Å². The van der Waals surface area contributed by atoms with Crippen LogP contribution in [0.5, 0.6) is 0 Å². The molecule has 1 rings (SSSR count). The van der Waals surface area contributed by atoms with E-state index in [1.165, 1.54) is 19.3 Å². The molecular formula is C13H25NO. The fourth-order valence-corrected chi connectivity index (χ4v) is 2.24. The van der Waals surface area contributed by atoms with Crippen LogP contribution in [0.25, 0.3) is 0 Å². The van der Waals surface area contributed by atoms with E-state index < -0.39 is 0 Å². The van der Waals surface area contributed by atoms with Crippen LogP contribution in [0.1, 0.15) is 39.5 Å². The highest BCUT2D eigenvalue weighted by Crippen LogP contribution is 2.17. The zero-order valence-electron chi connectivity index (χ0n) is 10.1. The molecule has 0 aliphatic heterocycles. The van der Waals surface area contributed by atoms with Crippen LogP contribution < -0.4 is 5.32 Å². The first-order chi connectivity index (χ1) is 7.18. The Kier molecular flexibility index (Phi) is 5.96. The van der Waals surface area contributed by atoms with Crippen molar-refractivity contribution in [2.24, 2.45) is 11.8 Å². The van der Waals surface area contributed by atoms with Crippen molar-refractivity contribution in [1.82, 2.24) is 5.32 Å². The molecule has 0 amide bonds. The van der Waals surface area contributed by atoms with Crippen molar-refractivity contribution in [3.05, 3.63) is 12.2 Å². The molecule has 2 heteroatoms. The van der Waals surface area contributed by atoms with Gasteiger partial charge >= 0.3 is 0 Å². The van der Waals surface area contributed by atoms with E-state index in [2.05, 4.69) is 24.4 Å². The quantitative estimate of drug-likeness (QED) is 0.661. The number of allylic oxidation sites excluding steroid dienone is 2. The van der Waals surface area contributed by atoms with Crippen LogP contribution >= 0.6 is 0 Å². The summed E-state index contributed by atoms with van der Waals surface area (Å²) in [4.78, 5) is 0. The van der Waals surface area contributed by atoms with Crippen LogP contribution in [0.3, 0.4) is 0 Å². The minimum absolute atomic E-state index is 0.167. The summed E-state index contributed by atoms with van der Waals surface area (Å²) < 4.78 is 0. The van der Waals surface area contributed by atoms with E-state index in [-0.39, 0.29) is 6.10 Å². The Labute approximate surface area is 93.8 Å². The highest BCUT2D eigenvalue weighted by Gasteiger charge is 2.10. The Morgan fingerprint density at radius 2 is 2.20 bits per heavy atom. The second-order valence-electron chi connectivity index (χ2n) is 5.00. The van der Waals surface area contributed by atoms with E-state index in [1.807, 2.05) is 6.92 Å². The zero-order valence-corrected chi connectivity index (χ0v) is 10.1. The molecule has 0 heterocycles. The van der Waals surface area contributed by atoms with Gasteiger partial charge in [0.15, 0.2) is 0 Å². The van der Waals surface area contributed by atoms with Gasteiger partial charge in [0.1, 0.15) is 0 Å². The third-order valence-electron chi connectivity index (χ3n) is 3.05. The van der Waals surface area contributed by atoms with Crippen molar-refractivity contribution >= 4 is 0 Å². The van der Waals surface area contributed by atoms with Gasteiger partial charge in [-0.1, -0.05) is 19.1 Å². The molecule has 88 valence electrons. The molecule has 0 radical (unpaired) electrons. The average molecular weight is 211 g/mol. The van der Waals surface area contributed by atoms with Gasteiger partial charge in [0.05, 0.1) is 6.10 Å². The van der Waals surface area contributed by atoms with E-state index in [4.69, 9.17) is 0 Å². The molecule has 0 spiro atoms. The van der Waals surface area contributed by atoms with Crippen LogP contribution in [0.15, 0.2) is 12.2 Å². The molecular weight excluding hydrogens is 186 g/mol. The molecule has 0 aromatic carbocycles. The summed E-state index contributed by atoms with van der Waals surface area (Å²) in [6.45, 7) is 6.22. The van der Waals surface area contributed by atoms with Crippen molar-refractivity contribution in [1.29, 1.82) is 0 Å². The number of hydrogen-bond acceptors (Lipinski definition) is 2. The lowest BCUT2D eigenvalue weighted by Crippen LogP contribution is -2.28. The van der Waals surface area contributed by atoms with Crippen LogP contribution in [0, 0.1) is 11.8 Å². The SMILES string of the molecule is CC(O)CC(C)CNCC1CC=CCC1. The minimum Gasteiger partial charge on any atom is -0.393 e. The monoisotopic (exact) mass is 211 g/mol. The van der Waals surface area contributed by atoms with Gasteiger partial charge in [-0.15, -0.1) is 0 Å². The van der Waals surface area contributed by atoms with Crippen LogP contribution in [0.4, 0.5) is 0 Å². The third kappa shape index (κ3) is 5.95. The molecule has 0 bridgehead atoms. The van der Waals surface area contributed by atoms with Crippen molar-refractivity contribution in [3.8, 4) is 0 Å². The first-order valence-corrected chi connectivity index (χ1v) is 6.22.